The molecule has 0 radical (unpaired) electrons. The molecule has 1 fully saturated rings. The maximum absolute atomic E-state index is 10.2. The maximum Gasteiger partial charge on any atom is 0.0818 e. The van der Waals surface area contributed by atoms with Gasteiger partial charge >= 0.3 is 0 Å². The molecule has 0 bridgehead atoms. The number of hydrogen-bond acceptors (Lipinski definition) is 1. The molecule has 1 nitrogen and oxygen atoms in total. The van der Waals surface area contributed by atoms with E-state index in [0.717, 1.165) is 5.56 Å². The van der Waals surface area contributed by atoms with Gasteiger partial charge in [-0.15, -0.1) is 0 Å². The SMILES string of the molecule is OC(c1ccc2ccccc2c1)C1CCC1. The van der Waals surface area contributed by atoms with Crippen LogP contribution in [0.4, 0.5) is 0 Å². The first-order valence-electron chi connectivity index (χ1n) is 6.01. The van der Waals surface area contributed by atoms with E-state index < -0.39 is 0 Å². The van der Waals surface area contributed by atoms with Gasteiger partial charge in [0.15, 0.2) is 0 Å². The topological polar surface area (TPSA) is 20.2 Å². The smallest absolute Gasteiger partial charge is 0.0818 e. The van der Waals surface area contributed by atoms with Crippen molar-refractivity contribution in [3.05, 3.63) is 48.0 Å². The monoisotopic (exact) mass is 212 g/mol. The molecule has 0 spiro atoms. The summed E-state index contributed by atoms with van der Waals surface area (Å²) in [5.74, 6) is 0.487. The molecule has 1 aliphatic carbocycles. The quantitative estimate of drug-likeness (QED) is 0.805. The summed E-state index contributed by atoms with van der Waals surface area (Å²) in [6, 6.07) is 14.6. The van der Waals surface area contributed by atoms with Crippen molar-refractivity contribution in [2.24, 2.45) is 5.92 Å². The molecule has 0 aromatic heterocycles. The Morgan fingerprint density at radius 3 is 2.44 bits per heavy atom. The van der Waals surface area contributed by atoms with E-state index >= 15 is 0 Å². The third kappa shape index (κ3) is 1.61. The number of hydrogen-bond donors (Lipinski definition) is 1. The molecule has 2 aromatic rings. The largest absolute Gasteiger partial charge is 0.388 e. The van der Waals surface area contributed by atoms with Crippen molar-refractivity contribution in [2.45, 2.75) is 25.4 Å². The van der Waals surface area contributed by atoms with Crippen LogP contribution in [0.3, 0.4) is 0 Å². The number of rotatable bonds is 2. The van der Waals surface area contributed by atoms with Crippen LogP contribution in [0.1, 0.15) is 30.9 Å². The van der Waals surface area contributed by atoms with Crippen molar-refractivity contribution < 1.29 is 5.11 Å². The van der Waals surface area contributed by atoms with Gasteiger partial charge in [0, 0.05) is 0 Å². The molecule has 0 aliphatic heterocycles. The first kappa shape index (κ1) is 9.86. The molecule has 0 amide bonds. The molecular formula is C15H16O. The Morgan fingerprint density at radius 1 is 1.00 bits per heavy atom. The zero-order valence-electron chi connectivity index (χ0n) is 9.26. The Balaban J connectivity index is 1.97. The van der Waals surface area contributed by atoms with Crippen LogP contribution in [0, 0.1) is 5.92 Å². The lowest BCUT2D eigenvalue weighted by molar-refractivity contribution is 0.0622. The molecule has 1 N–H and O–H groups in total. The molecule has 1 saturated carbocycles. The molecule has 1 unspecified atom stereocenters. The first-order valence-corrected chi connectivity index (χ1v) is 6.01. The van der Waals surface area contributed by atoms with Gasteiger partial charge in [-0.25, -0.2) is 0 Å². The van der Waals surface area contributed by atoms with Crippen molar-refractivity contribution in [1.29, 1.82) is 0 Å². The summed E-state index contributed by atoms with van der Waals surface area (Å²) in [7, 11) is 0. The second kappa shape index (κ2) is 3.91. The molecule has 2 aromatic carbocycles. The molecule has 0 heterocycles. The summed E-state index contributed by atoms with van der Waals surface area (Å²) in [6.45, 7) is 0. The third-order valence-corrected chi connectivity index (χ3v) is 3.71. The molecule has 3 rings (SSSR count). The Bertz CT molecular complexity index is 500. The van der Waals surface area contributed by atoms with Crippen LogP contribution < -0.4 is 0 Å². The fourth-order valence-corrected chi connectivity index (χ4v) is 2.42. The van der Waals surface area contributed by atoms with E-state index in [9.17, 15) is 5.11 Å². The van der Waals surface area contributed by atoms with Gasteiger partial charge in [0.25, 0.3) is 0 Å². The van der Waals surface area contributed by atoms with E-state index in [1.54, 1.807) is 0 Å². The predicted molar refractivity (Wildman–Crippen MR) is 66.2 cm³/mol. The van der Waals surface area contributed by atoms with Crippen LogP contribution in [0.15, 0.2) is 42.5 Å². The Hall–Kier alpha value is -1.34. The second-order valence-corrected chi connectivity index (χ2v) is 4.74. The molecule has 16 heavy (non-hydrogen) atoms. The first-order chi connectivity index (χ1) is 7.84. The number of aliphatic hydroxyl groups is 1. The Kier molecular flexibility index (Phi) is 2.41. The lowest BCUT2D eigenvalue weighted by atomic mass is 9.78. The van der Waals surface area contributed by atoms with E-state index in [1.807, 2.05) is 12.1 Å². The van der Waals surface area contributed by atoms with Crippen LogP contribution in [0.25, 0.3) is 10.8 Å². The summed E-state index contributed by atoms with van der Waals surface area (Å²) in [4.78, 5) is 0. The highest BCUT2D eigenvalue weighted by molar-refractivity contribution is 5.83. The van der Waals surface area contributed by atoms with Crippen LogP contribution in [0.5, 0.6) is 0 Å². The van der Waals surface area contributed by atoms with Gasteiger partial charge < -0.3 is 5.11 Å². The van der Waals surface area contributed by atoms with Gasteiger partial charge in [-0.2, -0.15) is 0 Å². The maximum atomic E-state index is 10.2. The molecule has 82 valence electrons. The Labute approximate surface area is 95.7 Å². The standard InChI is InChI=1S/C15H16O/c16-15(12-6-3-7-12)14-9-8-11-4-1-2-5-13(11)10-14/h1-2,4-5,8-10,12,15-16H,3,6-7H2. The minimum atomic E-state index is -0.265. The number of fused-ring (bicyclic) bond motifs is 1. The Morgan fingerprint density at radius 2 is 1.75 bits per heavy atom. The zero-order valence-corrected chi connectivity index (χ0v) is 9.26. The van der Waals surface area contributed by atoms with Crippen LogP contribution in [0.2, 0.25) is 0 Å². The average Bonchev–Trinajstić information content (AvgIpc) is 2.26. The minimum Gasteiger partial charge on any atom is -0.388 e. The number of benzene rings is 2. The number of aliphatic hydroxyl groups excluding tert-OH is 1. The predicted octanol–water partition coefficient (Wildman–Crippen LogP) is 3.67. The summed E-state index contributed by atoms with van der Waals surface area (Å²) in [5.41, 5.74) is 1.07. The van der Waals surface area contributed by atoms with Gasteiger partial charge in [0.05, 0.1) is 6.10 Å². The second-order valence-electron chi connectivity index (χ2n) is 4.74. The van der Waals surface area contributed by atoms with Crippen LogP contribution in [-0.4, -0.2) is 5.11 Å². The van der Waals surface area contributed by atoms with Gasteiger partial charge in [-0.1, -0.05) is 42.8 Å². The summed E-state index contributed by atoms with van der Waals surface area (Å²) in [5, 5.41) is 12.7. The molecule has 1 atom stereocenters. The fourth-order valence-electron chi connectivity index (χ4n) is 2.42. The van der Waals surface area contributed by atoms with Crippen molar-refractivity contribution in [2.75, 3.05) is 0 Å². The van der Waals surface area contributed by atoms with Gasteiger partial charge in [0.2, 0.25) is 0 Å². The van der Waals surface area contributed by atoms with Gasteiger partial charge in [-0.05, 0) is 41.2 Å². The van der Waals surface area contributed by atoms with Crippen molar-refractivity contribution in [3.8, 4) is 0 Å². The summed E-state index contributed by atoms with van der Waals surface area (Å²) in [6.07, 6.45) is 3.36. The minimum absolute atomic E-state index is 0.265. The van der Waals surface area contributed by atoms with Gasteiger partial charge in [0.1, 0.15) is 0 Å². The fraction of sp³-hybridized carbons (Fsp3) is 0.333. The van der Waals surface area contributed by atoms with E-state index in [-0.39, 0.29) is 6.10 Å². The van der Waals surface area contributed by atoms with Crippen LogP contribution >= 0.6 is 0 Å². The zero-order chi connectivity index (χ0) is 11.0. The highest BCUT2D eigenvalue weighted by Gasteiger charge is 2.26. The van der Waals surface area contributed by atoms with E-state index in [1.165, 1.54) is 30.0 Å². The van der Waals surface area contributed by atoms with Crippen molar-refractivity contribution in [1.82, 2.24) is 0 Å². The molecular weight excluding hydrogens is 196 g/mol. The highest BCUT2D eigenvalue weighted by Crippen LogP contribution is 2.38. The lowest BCUT2D eigenvalue weighted by Gasteiger charge is -2.30. The molecule has 1 aliphatic rings. The van der Waals surface area contributed by atoms with E-state index in [2.05, 4.69) is 30.3 Å². The molecule has 1 heteroatoms. The highest BCUT2D eigenvalue weighted by atomic mass is 16.3. The van der Waals surface area contributed by atoms with E-state index in [0.29, 0.717) is 5.92 Å². The normalized spacial score (nSPS) is 18.3. The lowest BCUT2D eigenvalue weighted by Crippen LogP contribution is -2.19. The average molecular weight is 212 g/mol. The summed E-state index contributed by atoms with van der Waals surface area (Å²) >= 11 is 0. The van der Waals surface area contributed by atoms with Crippen LogP contribution in [-0.2, 0) is 0 Å². The van der Waals surface area contributed by atoms with E-state index in [4.69, 9.17) is 0 Å². The van der Waals surface area contributed by atoms with Crippen molar-refractivity contribution >= 4 is 10.8 Å². The summed E-state index contributed by atoms with van der Waals surface area (Å²) < 4.78 is 0. The van der Waals surface area contributed by atoms with Gasteiger partial charge in [-0.3, -0.25) is 0 Å². The van der Waals surface area contributed by atoms with Crippen molar-refractivity contribution in [3.63, 3.8) is 0 Å². The third-order valence-electron chi connectivity index (χ3n) is 3.71. The molecule has 0 saturated heterocycles.